The molecule has 1 aliphatic heterocycles. The Kier molecular flexibility index (Phi) is 4.58. The molecule has 1 fully saturated rings. The van der Waals surface area contributed by atoms with E-state index < -0.39 is 5.51 Å². The Labute approximate surface area is 89.0 Å². The van der Waals surface area contributed by atoms with E-state index in [0.29, 0.717) is 6.42 Å². The monoisotopic (exact) mass is 250 g/mol. The van der Waals surface area contributed by atoms with Crippen molar-refractivity contribution in [1.82, 2.24) is 0 Å². The first kappa shape index (κ1) is 11.9. The molecule has 2 atom stereocenters. The molecule has 1 saturated heterocycles. The average molecular weight is 251 g/mol. The molecule has 0 nitrogen and oxygen atoms in total. The Hall–Kier alpha value is 0.780. The van der Waals surface area contributed by atoms with E-state index in [9.17, 15) is 13.2 Å². The van der Waals surface area contributed by atoms with Gasteiger partial charge in [0, 0.05) is 16.9 Å². The SMILES string of the molecule is FC(F)(F)SCCC1CSCC1Cl. The van der Waals surface area contributed by atoms with Gasteiger partial charge in [-0.2, -0.15) is 24.9 Å². The molecule has 0 N–H and O–H groups in total. The van der Waals surface area contributed by atoms with Crippen molar-refractivity contribution in [3.63, 3.8) is 0 Å². The predicted octanol–water partition coefficient (Wildman–Crippen LogP) is 3.60. The molecule has 0 aliphatic carbocycles. The lowest BCUT2D eigenvalue weighted by atomic mass is 10.1. The zero-order chi connectivity index (χ0) is 9.90. The standard InChI is InChI=1S/C7H10ClF3S2/c8-6-4-12-3-5(6)1-2-13-7(9,10)11/h5-6H,1-4H2. The molecule has 0 aromatic carbocycles. The Morgan fingerprint density at radius 3 is 2.54 bits per heavy atom. The third kappa shape index (κ3) is 4.70. The molecule has 0 aromatic rings. The van der Waals surface area contributed by atoms with Gasteiger partial charge in [0.1, 0.15) is 0 Å². The van der Waals surface area contributed by atoms with Crippen molar-refractivity contribution >= 4 is 35.1 Å². The van der Waals surface area contributed by atoms with Gasteiger partial charge >= 0.3 is 5.51 Å². The minimum atomic E-state index is -4.09. The molecule has 0 aromatic heterocycles. The lowest BCUT2D eigenvalue weighted by Gasteiger charge is -2.12. The van der Waals surface area contributed by atoms with E-state index in [1.165, 1.54) is 0 Å². The predicted molar refractivity (Wildman–Crippen MR) is 53.6 cm³/mol. The molecule has 0 radical (unpaired) electrons. The van der Waals surface area contributed by atoms with Gasteiger partial charge in [-0.15, -0.1) is 11.6 Å². The van der Waals surface area contributed by atoms with Crippen LogP contribution >= 0.6 is 35.1 Å². The third-order valence-corrected chi connectivity index (χ3v) is 4.59. The van der Waals surface area contributed by atoms with Crippen LogP contribution < -0.4 is 0 Å². The summed E-state index contributed by atoms with van der Waals surface area (Å²) in [6.45, 7) is 0. The fourth-order valence-electron chi connectivity index (χ4n) is 1.16. The number of hydrogen-bond donors (Lipinski definition) is 0. The lowest BCUT2D eigenvalue weighted by Crippen LogP contribution is -2.14. The highest BCUT2D eigenvalue weighted by Gasteiger charge is 2.30. The smallest absolute Gasteiger partial charge is 0.160 e. The molecule has 1 rings (SSSR count). The molecular formula is C7H10ClF3S2. The van der Waals surface area contributed by atoms with Gasteiger partial charge in [0.2, 0.25) is 0 Å². The summed E-state index contributed by atoms with van der Waals surface area (Å²) >= 11 is 7.70. The largest absolute Gasteiger partial charge is 0.441 e. The first-order chi connectivity index (χ1) is 5.99. The van der Waals surface area contributed by atoms with Crippen LogP contribution in [0.25, 0.3) is 0 Å². The van der Waals surface area contributed by atoms with E-state index in [-0.39, 0.29) is 28.8 Å². The van der Waals surface area contributed by atoms with Crippen molar-refractivity contribution in [3.05, 3.63) is 0 Å². The van der Waals surface area contributed by atoms with Crippen LogP contribution in [-0.4, -0.2) is 28.1 Å². The van der Waals surface area contributed by atoms with E-state index in [0.717, 1.165) is 11.5 Å². The van der Waals surface area contributed by atoms with Crippen LogP contribution in [0.4, 0.5) is 13.2 Å². The lowest BCUT2D eigenvalue weighted by molar-refractivity contribution is -0.0328. The molecule has 1 heterocycles. The van der Waals surface area contributed by atoms with Crippen molar-refractivity contribution in [2.75, 3.05) is 17.3 Å². The van der Waals surface area contributed by atoms with Gasteiger partial charge in [-0.25, -0.2) is 0 Å². The van der Waals surface area contributed by atoms with E-state index in [4.69, 9.17) is 11.6 Å². The molecule has 0 amide bonds. The Morgan fingerprint density at radius 1 is 1.38 bits per heavy atom. The minimum Gasteiger partial charge on any atom is -0.160 e. The Morgan fingerprint density at radius 2 is 2.08 bits per heavy atom. The minimum absolute atomic E-state index is 0.0546. The van der Waals surface area contributed by atoms with Crippen molar-refractivity contribution in [2.45, 2.75) is 17.3 Å². The molecule has 13 heavy (non-hydrogen) atoms. The third-order valence-electron chi connectivity index (χ3n) is 1.87. The fraction of sp³-hybridized carbons (Fsp3) is 1.00. The summed E-state index contributed by atoms with van der Waals surface area (Å²) in [4.78, 5) is 0. The molecule has 0 saturated carbocycles. The van der Waals surface area contributed by atoms with Gasteiger partial charge in [-0.1, -0.05) is 11.8 Å². The van der Waals surface area contributed by atoms with E-state index >= 15 is 0 Å². The molecule has 0 bridgehead atoms. The number of halogens is 4. The van der Waals surface area contributed by atoms with Crippen molar-refractivity contribution in [1.29, 1.82) is 0 Å². The quantitative estimate of drug-likeness (QED) is 0.702. The number of alkyl halides is 4. The molecule has 78 valence electrons. The zero-order valence-electron chi connectivity index (χ0n) is 6.81. The summed E-state index contributed by atoms with van der Waals surface area (Å²) in [5.74, 6) is 2.19. The summed E-state index contributed by atoms with van der Waals surface area (Å²) in [5, 5.41) is 0.0684. The second-order valence-electron chi connectivity index (χ2n) is 2.90. The van der Waals surface area contributed by atoms with Gasteiger partial charge in [-0.05, 0) is 18.1 Å². The topological polar surface area (TPSA) is 0 Å². The highest BCUT2D eigenvalue weighted by Crippen LogP contribution is 2.35. The molecule has 0 spiro atoms. The van der Waals surface area contributed by atoms with Crippen molar-refractivity contribution < 1.29 is 13.2 Å². The van der Waals surface area contributed by atoms with E-state index in [2.05, 4.69) is 0 Å². The maximum atomic E-state index is 11.8. The highest BCUT2D eigenvalue weighted by molar-refractivity contribution is 8.00. The second-order valence-corrected chi connectivity index (χ2v) is 5.69. The van der Waals surface area contributed by atoms with Crippen LogP contribution in [0.3, 0.4) is 0 Å². The van der Waals surface area contributed by atoms with Crippen LogP contribution in [0, 0.1) is 5.92 Å². The first-order valence-electron chi connectivity index (χ1n) is 3.91. The normalized spacial score (nSPS) is 29.5. The summed E-state index contributed by atoms with van der Waals surface area (Å²) < 4.78 is 35.3. The van der Waals surface area contributed by atoms with Gasteiger partial charge in [-0.3, -0.25) is 0 Å². The van der Waals surface area contributed by atoms with E-state index in [1.807, 2.05) is 0 Å². The molecular weight excluding hydrogens is 241 g/mol. The maximum absolute atomic E-state index is 11.8. The summed E-state index contributed by atoms with van der Waals surface area (Å²) in [7, 11) is 0. The molecule has 2 unspecified atom stereocenters. The number of hydrogen-bond acceptors (Lipinski definition) is 2. The Balaban J connectivity index is 2.12. The summed E-state index contributed by atoms with van der Waals surface area (Å²) in [6, 6.07) is 0. The maximum Gasteiger partial charge on any atom is 0.441 e. The second kappa shape index (κ2) is 5.03. The van der Waals surface area contributed by atoms with Gasteiger partial charge in [0.05, 0.1) is 0 Å². The summed E-state index contributed by atoms with van der Waals surface area (Å²) in [5.41, 5.74) is -4.09. The van der Waals surface area contributed by atoms with E-state index in [1.54, 1.807) is 11.8 Å². The first-order valence-corrected chi connectivity index (χ1v) is 6.49. The Bertz CT molecular complexity index is 162. The van der Waals surface area contributed by atoms with Crippen LogP contribution in [-0.2, 0) is 0 Å². The van der Waals surface area contributed by atoms with Crippen LogP contribution in [0.5, 0.6) is 0 Å². The van der Waals surface area contributed by atoms with Crippen LogP contribution in [0.15, 0.2) is 0 Å². The van der Waals surface area contributed by atoms with Crippen molar-refractivity contribution in [3.8, 4) is 0 Å². The van der Waals surface area contributed by atoms with Gasteiger partial charge < -0.3 is 0 Å². The fourth-order valence-corrected chi connectivity index (χ4v) is 3.74. The summed E-state index contributed by atoms with van der Waals surface area (Å²) in [6.07, 6.45) is 0.575. The van der Waals surface area contributed by atoms with Crippen molar-refractivity contribution in [2.24, 2.45) is 5.92 Å². The highest BCUT2D eigenvalue weighted by atomic mass is 35.5. The zero-order valence-corrected chi connectivity index (χ0v) is 9.20. The molecule has 6 heteroatoms. The van der Waals surface area contributed by atoms with Gasteiger partial charge in [0.25, 0.3) is 0 Å². The van der Waals surface area contributed by atoms with Gasteiger partial charge in [0.15, 0.2) is 0 Å². The number of thioether (sulfide) groups is 2. The van der Waals surface area contributed by atoms with Crippen LogP contribution in [0.2, 0.25) is 0 Å². The average Bonchev–Trinajstić information content (AvgIpc) is 2.34. The number of rotatable bonds is 3. The van der Waals surface area contributed by atoms with Crippen LogP contribution in [0.1, 0.15) is 6.42 Å². The molecule has 1 aliphatic rings.